The second kappa shape index (κ2) is 6.10. The Morgan fingerprint density at radius 1 is 1.33 bits per heavy atom. The molecule has 0 saturated carbocycles. The van der Waals surface area contributed by atoms with E-state index in [9.17, 15) is 9.59 Å². The van der Waals surface area contributed by atoms with E-state index in [0.29, 0.717) is 19.4 Å². The molecule has 0 bridgehead atoms. The number of nitrogens with zero attached hydrogens (tertiary/aromatic N) is 1. The monoisotopic (exact) mass is 304 g/mol. The number of hydrogen-bond acceptors (Lipinski definition) is 3. The molecule has 2 saturated heterocycles. The molecule has 1 aromatic carbocycles. The first-order chi connectivity index (χ1) is 10.1. The molecule has 2 fully saturated rings. The zero-order valence-corrected chi connectivity index (χ0v) is 13.0. The number of nitrogens with one attached hydrogen (secondary N) is 1. The van der Waals surface area contributed by atoms with E-state index in [-0.39, 0.29) is 23.1 Å². The third kappa shape index (κ3) is 3.07. The van der Waals surface area contributed by atoms with Gasteiger partial charge in [0, 0.05) is 25.3 Å². The van der Waals surface area contributed by atoms with Crippen LogP contribution in [-0.2, 0) is 9.59 Å². The summed E-state index contributed by atoms with van der Waals surface area (Å²) < 4.78 is 0. The number of hydrogen-bond donors (Lipinski definition) is 1. The third-order valence-corrected chi connectivity index (χ3v) is 5.41. The van der Waals surface area contributed by atoms with Gasteiger partial charge in [-0.05, 0) is 18.9 Å². The highest BCUT2D eigenvalue weighted by Crippen LogP contribution is 2.39. The summed E-state index contributed by atoms with van der Waals surface area (Å²) in [7, 11) is 0. The molecular formula is C16H20N2O2S. The molecule has 1 aromatic rings. The van der Waals surface area contributed by atoms with Crippen molar-refractivity contribution < 1.29 is 9.59 Å². The largest absolute Gasteiger partial charge is 0.355 e. The third-order valence-electron chi connectivity index (χ3n) is 4.15. The number of thioether (sulfide) groups is 1. The van der Waals surface area contributed by atoms with Gasteiger partial charge in [0.15, 0.2) is 0 Å². The Morgan fingerprint density at radius 2 is 2.10 bits per heavy atom. The highest BCUT2D eigenvalue weighted by atomic mass is 32.2. The average Bonchev–Trinajstić information content (AvgIpc) is 2.97. The van der Waals surface area contributed by atoms with E-state index < -0.39 is 0 Å². The lowest BCUT2D eigenvalue weighted by Crippen LogP contribution is -2.44. The van der Waals surface area contributed by atoms with Gasteiger partial charge in [0.1, 0.15) is 5.37 Å². The van der Waals surface area contributed by atoms with Crippen molar-refractivity contribution in [1.29, 1.82) is 0 Å². The van der Waals surface area contributed by atoms with Gasteiger partial charge in [-0.15, -0.1) is 11.8 Å². The first-order valence-corrected chi connectivity index (χ1v) is 8.45. The molecule has 2 amide bonds. The summed E-state index contributed by atoms with van der Waals surface area (Å²) >= 11 is 1.82. The first kappa shape index (κ1) is 14.4. The molecule has 112 valence electrons. The Bertz CT molecular complexity index is 534. The summed E-state index contributed by atoms with van der Waals surface area (Å²) in [5.41, 5.74) is 2.42. The molecule has 4 nitrogen and oxygen atoms in total. The van der Waals surface area contributed by atoms with Crippen LogP contribution >= 0.6 is 11.8 Å². The first-order valence-electron chi connectivity index (χ1n) is 7.40. The van der Waals surface area contributed by atoms with Crippen molar-refractivity contribution in [2.75, 3.05) is 18.8 Å². The van der Waals surface area contributed by atoms with Crippen LogP contribution in [0.3, 0.4) is 0 Å². The quantitative estimate of drug-likeness (QED) is 0.910. The van der Waals surface area contributed by atoms with Crippen LogP contribution in [-0.4, -0.2) is 35.6 Å². The van der Waals surface area contributed by atoms with Gasteiger partial charge in [0.2, 0.25) is 11.8 Å². The standard InChI is InChI=1S/C16H20N2O2S/c1-11-2-4-12(5-3-11)16-18(8-9-21-16)15(20)13-6-7-14(19)17-10-13/h2-5,13,16H,6-10H2,1H3,(H,17,19). The maximum absolute atomic E-state index is 12.7. The van der Waals surface area contributed by atoms with E-state index in [4.69, 9.17) is 0 Å². The molecule has 0 radical (unpaired) electrons. The van der Waals surface area contributed by atoms with Crippen molar-refractivity contribution in [3.8, 4) is 0 Å². The molecule has 5 heteroatoms. The van der Waals surface area contributed by atoms with Crippen LogP contribution in [0.1, 0.15) is 29.3 Å². The molecule has 2 atom stereocenters. The van der Waals surface area contributed by atoms with Crippen LogP contribution in [0, 0.1) is 12.8 Å². The molecule has 2 heterocycles. The molecule has 2 aliphatic rings. The fourth-order valence-corrected chi connectivity index (χ4v) is 4.15. The lowest BCUT2D eigenvalue weighted by Gasteiger charge is -2.30. The summed E-state index contributed by atoms with van der Waals surface area (Å²) in [4.78, 5) is 25.9. The van der Waals surface area contributed by atoms with Gasteiger partial charge in [0.25, 0.3) is 0 Å². The molecule has 21 heavy (non-hydrogen) atoms. The zero-order chi connectivity index (χ0) is 14.8. The number of carbonyl (C=O) groups excluding carboxylic acids is 2. The molecule has 2 unspecified atom stereocenters. The SMILES string of the molecule is Cc1ccc(C2SCCN2C(=O)C2CCC(=O)NC2)cc1. The van der Waals surface area contributed by atoms with Crippen LogP contribution in [0.4, 0.5) is 0 Å². The van der Waals surface area contributed by atoms with E-state index in [1.54, 1.807) is 0 Å². The summed E-state index contributed by atoms with van der Waals surface area (Å²) in [5.74, 6) is 1.16. The van der Waals surface area contributed by atoms with Crippen LogP contribution in [0.25, 0.3) is 0 Å². The molecular weight excluding hydrogens is 284 g/mol. The Hall–Kier alpha value is -1.49. The van der Waals surface area contributed by atoms with Gasteiger partial charge >= 0.3 is 0 Å². The fraction of sp³-hybridized carbons (Fsp3) is 0.500. The minimum Gasteiger partial charge on any atom is -0.355 e. The van der Waals surface area contributed by atoms with Gasteiger partial charge in [-0.25, -0.2) is 0 Å². The zero-order valence-electron chi connectivity index (χ0n) is 12.2. The molecule has 0 aromatic heterocycles. The number of amides is 2. The van der Waals surface area contributed by atoms with Crippen LogP contribution < -0.4 is 5.32 Å². The van der Waals surface area contributed by atoms with E-state index in [1.165, 1.54) is 11.1 Å². The lowest BCUT2D eigenvalue weighted by molar-refractivity contribution is -0.137. The average molecular weight is 304 g/mol. The summed E-state index contributed by atoms with van der Waals surface area (Å²) in [6, 6.07) is 8.41. The van der Waals surface area contributed by atoms with E-state index in [0.717, 1.165) is 12.3 Å². The molecule has 3 rings (SSSR count). The maximum atomic E-state index is 12.7. The molecule has 1 N–H and O–H groups in total. The number of piperidine rings is 1. The topological polar surface area (TPSA) is 49.4 Å². The van der Waals surface area contributed by atoms with Gasteiger partial charge in [-0.1, -0.05) is 29.8 Å². The molecule has 0 aliphatic carbocycles. The van der Waals surface area contributed by atoms with Crippen molar-refractivity contribution >= 4 is 23.6 Å². The predicted molar refractivity (Wildman–Crippen MR) is 83.8 cm³/mol. The highest BCUT2D eigenvalue weighted by Gasteiger charge is 2.35. The van der Waals surface area contributed by atoms with E-state index in [1.807, 2.05) is 16.7 Å². The number of carbonyl (C=O) groups is 2. The van der Waals surface area contributed by atoms with Gasteiger partial charge in [0.05, 0.1) is 5.92 Å². The molecule has 2 aliphatic heterocycles. The lowest BCUT2D eigenvalue weighted by atomic mass is 9.97. The molecule has 0 spiro atoms. The van der Waals surface area contributed by atoms with E-state index >= 15 is 0 Å². The van der Waals surface area contributed by atoms with Crippen molar-refractivity contribution in [3.05, 3.63) is 35.4 Å². The van der Waals surface area contributed by atoms with Crippen molar-refractivity contribution in [2.24, 2.45) is 5.92 Å². The smallest absolute Gasteiger partial charge is 0.228 e. The summed E-state index contributed by atoms with van der Waals surface area (Å²) in [5, 5.41) is 2.93. The second-order valence-electron chi connectivity index (χ2n) is 5.71. The Labute approximate surface area is 129 Å². The second-order valence-corrected chi connectivity index (χ2v) is 6.89. The number of aryl methyl sites for hydroxylation is 1. The Balaban J connectivity index is 1.73. The van der Waals surface area contributed by atoms with Crippen LogP contribution in [0.2, 0.25) is 0 Å². The number of rotatable bonds is 2. The maximum Gasteiger partial charge on any atom is 0.228 e. The normalized spacial score (nSPS) is 25.8. The van der Waals surface area contributed by atoms with Crippen LogP contribution in [0.15, 0.2) is 24.3 Å². The van der Waals surface area contributed by atoms with Crippen molar-refractivity contribution in [3.63, 3.8) is 0 Å². The van der Waals surface area contributed by atoms with Gasteiger partial charge in [-0.3, -0.25) is 9.59 Å². The number of benzene rings is 1. The van der Waals surface area contributed by atoms with Crippen molar-refractivity contribution in [2.45, 2.75) is 25.1 Å². The van der Waals surface area contributed by atoms with E-state index in [2.05, 4.69) is 36.5 Å². The van der Waals surface area contributed by atoms with Crippen LogP contribution in [0.5, 0.6) is 0 Å². The minimum atomic E-state index is -0.0608. The highest BCUT2D eigenvalue weighted by molar-refractivity contribution is 7.99. The fourth-order valence-electron chi connectivity index (χ4n) is 2.88. The summed E-state index contributed by atoms with van der Waals surface area (Å²) in [6.07, 6.45) is 1.14. The Morgan fingerprint density at radius 3 is 2.76 bits per heavy atom. The van der Waals surface area contributed by atoms with Gasteiger partial charge < -0.3 is 10.2 Å². The van der Waals surface area contributed by atoms with Crippen molar-refractivity contribution in [1.82, 2.24) is 10.2 Å². The van der Waals surface area contributed by atoms with Gasteiger partial charge in [-0.2, -0.15) is 0 Å². The summed E-state index contributed by atoms with van der Waals surface area (Å²) in [6.45, 7) is 3.35. The predicted octanol–water partition coefficient (Wildman–Crippen LogP) is 2.10. The minimum absolute atomic E-state index is 0.0601. The Kier molecular flexibility index (Phi) is 4.19.